The van der Waals surface area contributed by atoms with Crippen LogP contribution >= 0.6 is 34.3 Å². The zero-order chi connectivity index (χ0) is 18.5. The van der Waals surface area contributed by atoms with Crippen LogP contribution in [0.15, 0.2) is 28.8 Å². The van der Waals surface area contributed by atoms with Gasteiger partial charge in [-0.05, 0) is 6.07 Å². The van der Waals surface area contributed by atoms with Crippen molar-refractivity contribution in [3.8, 4) is 0 Å². The molecule has 5 aromatic heterocycles. The summed E-state index contributed by atoms with van der Waals surface area (Å²) in [6, 6.07) is 1.92. The van der Waals surface area contributed by atoms with E-state index in [1.165, 1.54) is 16.0 Å². The Bertz CT molecular complexity index is 1330. The Morgan fingerprint density at radius 1 is 1.37 bits per heavy atom. The van der Waals surface area contributed by atoms with Gasteiger partial charge in [-0.2, -0.15) is 10.2 Å². The average Bonchev–Trinajstić information content (AvgIpc) is 3.41. The lowest BCUT2D eigenvalue weighted by atomic mass is 10.3. The molecule has 0 aliphatic carbocycles. The number of nitrogens with zero attached hydrogens (tertiary/aromatic N) is 6. The van der Waals surface area contributed by atoms with Crippen LogP contribution in [0, 0.1) is 0 Å². The highest BCUT2D eigenvalue weighted by atomic mass is 35.5. The van der Waals surface area contributed by atoms with Gasteiger partial charge in [0.05, 0.1) is 28.6 Å². The standard InChI is InChI=1S/C16H12ClN7OS2/c1-23-12-9(5-20-24(16(12)25)6-10-14(17)26-7-18-10)13-15(23)21-11(27-13)4-8-2-3-19-22-8/h2-3,5,7H,4,6H2,1H3,(H,19,22). The molecule has 0 radical (unpaired) electrons. The summed E-state index contributed by atoms with van der Waals surface area (Å²) in [6.45, 7) is 0.244. The topological polar surface area (TPSA) is 94.3 Å². The molecular weight excluding hydrogens is 406 g/mol. The van der Waals surface area contributed by atoms with Gasteiger partial charge in [-0.15, -0.1) is 22.7 Å². The molecule has 0 atom stereocenters. The predicted octanol–water partition coefficient (Wildman–Crippen LogP) is 2.82. The minimum atomic E-state index is -0.181. The summed E-state index contributed by atoms with van der Waals surface area (Å²) in [4.78, 5) is 21.9. The highest BCUT2D eigenvalue weighted by Gasteiger charge is 2.19. The summed E-state index contributed by atoms with van der Waals surface area (Å²) in [7, 11) is 1.85. The first-order chi connectivity index (χ1) is 13.1. The fourth-order valence-corrected chi connectivity index (χ4v) is 4.95. The largest absolute Gasteiger partial charge is 0.323 e. The van der Waals surface area contributed by atoms with Gasteiger partial charge in [-0.3, -0.25) is 9.89 Å². The number of nitrogens with one attached hydrogen (secondary N) is 1. The van der Waals surface area contributed by atoms with E-state index >= 15 is 0 Å². The quantitative estimate of drug-likeness (QED) is 0.485. The first kappa shape index (κ1) is 16.6. The molecule has 136 valence electrons. The van der Waals surface area contributed by atoms with Crippen molar-refractivity contribution in [2.75, 3.05) is 0 Å². The van der Waals surface area contributed by atoms with Gasteiger partial charge in [0.1, 0.15) is 14.9 Å². The lowest BCUT2D eigenvalue weighted by Crippen LogP contribution is -2.24. The van der Waals surface area contributed by atoms with Crippen molar-refractivity contribution in [2.24, 2.45) is 7.05 Å². The van der Waals surface area contributed by atoms with Crippen LogP contribution in [-0.2, 0) is 20.0 Å². The number of aromatic nitrogens is 7. The minimum absolute atomic E-state index is 0.181. The zero-order valence-corrected chi connectivity index (χ0v) is 16.4. The Kier molecular flexibility index (Phi) is 3.85. The summed E-state index contributed by atoms with van der Waals surface area (Å²) in [5.74, 6) is 0. The maximum atomic E-state index is 13.0. The van der Waals surface area contributed by atoms with Gasteiger partial charge in [-0.1, -0.05) is 11.6 Å². The average molecular weight is 418 g/mol. The van der Waals surface area contributed by atoms with Crippen LogP contribution in [-0.4, -0.2) is 34.5 Å². The summed E-state index contributed by atoms with van der Waals surface area (Å²) < 4.78 is 4.76. The monoisotopic (exact) mass is 417 g/mol. The smallest absolute Gasteiger partial charge is 0.291 e. The Labute approximate surface area is 165 Å². The van der Waals surface area contributed by atoms with Gasteiger partial charge in [0.25, 0.3) is 5.56 Å². The molecule has 0 amide bonds. The van der Waals surface area contributed by atoms with E-state index in [0.717, 1.165) is 26.4 Å². The van der Waals surface area contributed by atoms with Crippen molar-refractivity contribution in [1.82, 2.24) is 34.5 Å². The molecule has 5 heterocycles. The molecule has 0 saturated carbocycles. The number of hydrogen-bond acceptors (Lipinski definition) is 7. The number of fused-ring (bicyclic) bond motifs is 3. The first-order valence-corrected chi connectivity index (χ1v) is 10.1. The number of halogens is 1. The number of aryl methyl sites for hydroxylation is 1. The summed E-state index contributed by atoms with van der Waals surface area (Å²) in [5, 5.41) is 13.0. The van der Waals surface area contributed by atoms with Crippen LogP contribution in [0.5, 0.6) is 0 Å². The lowest BCUT2D eigenvalue weighted by Gasteiger charge is -2.04. The third kappa shape index (κ3) is 2.68. The van der Waals surface area contributed by atoms with Crippen molar-refractivity contribution in [1.29, 1.82) is 0 Å². The number of H-pyrrole nitrogens is 1. The number of thiazole rings is 2. The molecule has 0 aliphatic rings. The van der Waals surface area contributed by atoms with Crippen LogP contribution in [0.2, 0.25) is 4.34 Å². The third-order valence-electron chi connectivity index (χ3n) is 4.36. The molecule has 27 heavy (non-hydrogen) atoms. The molecule has 0 saturated heterocycles. The van der Waals surface area contributed by atoms with Gasteiger partial charge >= 0.3 is 0 Å². The number of rotatable bonds is 4. The van der Waals surface area contributed by atoms with E-state index in [4.69, 9.17) is 16.6 Å². The molecule has 0 unspecified atom stereocenters. The van der Waals surface area contributed by atoms with Crippen molar-refractivity contribution in [2.45, 2.75) is 13.0 Å². The Morgan fingerprint density at radius 3 is 3.00 bits per heavy atom. The number of aromatic amines is 1. The Morgan fingerprint density at radius 2 is 2.26 bits per heavy atom. The molecule has 0 spiro atoms. The Balaban J connectivity index is 1.61. The lowest BCUT2D eigenvalue weighted by molar-refractivity contribution is 0.635. The summed E-state index contributed by atoms with van der Waals surface area (Å²) >= 11 is 9.01. The van der Waals surface area contributed by atoms with E-state index in [1.54, 1.807) is 29.2 Å². The first-order valence-electron chi connectivity index (χ1n) is 8.02. The molecule has 5 rings (SSSR count). The SMILES string of the molecule is Cn1c2nc(Cc3ccn[nH]3)sc2c2cnn(Cc3ncsc3Cl)c(=O)c21. The van der Waals surface area contributed by atoms with Gasteiger partial charge in [0.15, 0.2) is 5.65 Å². The van der Waals surface area contributed by atoms with Crippen molar-refractivity contribution in [3.63, 3.8) is 0 Å². The molecular formula is C16H12ClN7OS2. The molecule has 0 aliphatic heterocycles. The van der Waals surface area contributed by atoms with Crippen LogP contribution in [0.25, 0.3) is 21.3 Å². The van der Waals surface area contributed by atoms with Crippen LogP contribution < -0.4 is 5.56 Å². The fourth-order valence-electron chi connectivity index (χ4n) is 3.07. The second-order valence-corrected chi connectivity index (χ2v) is 8.56. The van der Waals surface area contributed by atoms with Gasteiger partial charge in [-0.25, -0.2) is 14.6 Å². The zero-order valence-electron chi connectivity index (χ0n) is 14.0. The third-order valence-corrected chi connectivity index (χ3v) is 6.58. The molecule has 0 aromatic carbocycles. The number of hydrogen-bond donors (Lipinski definition) is 1. The van der Waals surface area contributed by atoms with Crippen LogP contribution in [0.3, 0.4) is 0 Å². The molecule has 8 nitrogen and oxygen atoms in total. The highest BCUT2D eigenvalue weighted by Crippen LogP contribution is 2.31. The van der Waals surface area contributed by atoms with E-state index < -0.39 is 0 Å². The second kappa shape index (κ2) is 6.25. The van der Waals surface area contributed by atoms with Crippen LogP contribution in [0.1, 0.15) is 16.4 Å². The maximum Gasteiger partial charge on any atom is 0.291 e. The molecule has 1 N–H and O–H groups in total. The predicted molar refractivity (Wildman–Crippen MR) is 106 cm³/mol. The normalized spacial score (nSPS) is 11.8. The van der Waals surface area contributed by atoms with Gasteiger partial charge in [0.2, 0.25) is 0 Å². The van der Waals surface area contributed by atoms with Crippen molar-refractivity contribution < 1.29 is 0 Å². The van der Waals surface area contributed by atoms with E-state index in [9.17, 15) is 4.79 Å². The molecule has 5 aromatic rings. The van der Waals surface area contributed by atoms with E-state index in [1.807, 2.05) is 17.7 Å². The summed E-state index contributed by atoms with van der Waals surface area (Å²) in [5.41, 5.74) is 4.49. The van der Waals surface area contributed by atoms with E-state index in [2.05, 4.69) is 20.3 Å². The molecule has 0 bridgehead atoms. The van der Waals surface area contributed by atoms with E-state index in [-0.39, 0.29) is 12.1 Å². The maximum absolute atomic E-state index is 13.0. The van der Waals surface area contributed by atoms with Crippen molar-refractivity contribution >= 4 is 55.5 Å². The minimum Gasteiger partial charge on any atom is -0.323 e. The molecule has 0 fully saturated rings. The second-order valence-electron chi connectivity index (χ2n) is 6.02. The fraction of sp³-hybridized carbons (Fsp3) is 0.188. The Hall–Kier alpha value is -2.56. The highest BCUT2D eigenvalue weighted by molar-refractivity contribution is 7.19. The van der Waals surface area contributed by atoms with Gasteiger partial charge < -0.3 is 4.57 Å². The summed E-state index contributed by atoms with van der Waals surface area (Å²) in [6.07, 6.45) is 4.12. The van der Waals surface area contributed by atoms with E-state index in [0.29, 0.717) is 22.0 Å². The van der Waals surface area contributed by atoms with Gasteiger partial charge in [0, 0.05) is 30.7 Å². The van der Waals surface area contributed by atoms with Crippen molar-refractivity contribution in [3.05, 3.63) is 55.1 Å². The molecule has 11 heteroatoms. The van der Waals surface area contributed by atoms with Crippen LogP contribution in [0.4, 0.5) is 0 Å².